The van der Waals surface area contributed by atoms with Crippen LogP contribution in [0.2, 0.25) is 5.02 Å². The molecule has 2 saturated heterocycles. The molecule has 2 fully saturated rings. The molecule has 3 rings (SSSR count). The Morgan fingerprint density at radius 1 is 1.28 bits per heavy atom. The van der Waals surface area contributed by atoms with Gasteiger partial charge in [-0.1, -0.05) is 17.7 Å². The van der Waals surface area contributed by atoms with E-state index in [1.165, 1.54) is 44.6 Å². The van der Waals surface area contributed by atoms with Crippen LogP contribution in [0.3, 0.4) is 0 Å². The molecule has 0 aliphatic carbocycles. The zero-order valence-electron chi connectivity index (χ0n) is 10.6. The lowest BCUT2D eigenvalue weighted by molar-refractivity contribution is 0.0994. The summed E-state index contributed by atoms with van der Waals surface area (Å²) in [6.45, 7) is 5.87. The molecule has 98 valence electrons. The van der Waals surface area contributed by atoms with Gasteiger partial charge >= 0.3 is 0 Å². The van der Waals surface area contributed by atoms with Crippen LogP contribution < -0.4 is 5.73 Å². The summed E-state index contributed by atoms with van der Waals surface area (Å²) >= 11 is 5.95. The van der Waals surface area contributed by atoms with Gasteiger partial charge in [-0.25, -0.2) is 0 Å². The van der Waals surface area contributed by atoms with Crippen LogP contribution in [0.15, 0.2) is 18.2 Å². The highest BCUT2D eigenvalue weighted by Gasteiger charge is 2.30. The van der Waals surface area contributed by atoms with Crippen molar-refractivity contribution in [2.75, 3.05) is 31.9 Å². The highest BCUT2D eigenvalue weighted by Crippen LogP contribution is 2.24. The van der Waals surface area contributed by atoms with Gasteiger partial charge in [0.05, 0.1) is 10.7 Å². The zero-order valence-corrected chi connectivity index (χ0v) is 11.4. The molecular weight excluding hydrogens is 246 g/mol. The first-order chi connectivity index (χ1) is 8.72. The molecule has 3 nitrogen and oxygen atoms in total. The number of hydrogen-bond acceptors (Lipinski definition) is 3. The molecule has 2 aliphatic heterocycles. The second-order valence-corrected chi connectivity index (χ2v) is 5.83. The quantitative estimate of drug-likeness (QED) is 0.833. The van der Waals surface area contributed by atoms with E-state index in [-0.39, 0.29) is 0 Å². The molecule has 1 aromatic rings. The van der Waals surface area contributed by atoms with Crippen molar-refractivity contribution >= 4 is 17.3 Å². The molecule has 1 unspecified atom stereocenters. The standard InChI is InChI=1S/C14H20ClN3/c15-13-4-3-11(8-14(13)16)9-17-6-7-18-5-1-2-12(18)10-17/h3-4,8,12H,1-2,5-7,9-10,16H2. The molecule has 2 aliphatic rings. The maximum absolute atomic E-state index is 5.95. The summed E-state index contributed by atoms with van der Waals surface area (Å²) in [7, 11) is 0. The van der Waals surface area contributed by atoms with Gasteiger partial charge in [0, 0.05) is 32.2 Å². The minimum absolute atomic E-state index is 0.652. The van der Waals surface area contributed by atoms with Crippen LogP contribution in [0.5, 0.6) is 0 Å². The van der Waals surface area contributed by atoms with Crippen LogP contribution in [0.4, 0.5) is 5.69 Å². The van der Waals surface area contributed by atoms with E-state index < -0.39 is 0 Å². The number of nitrogen functional groups attached to an aromatic ring is 1. The van der Waals surface area contributed by atoms with Gasteiger partial charge in [-0.15, -0.1) is 0 Å². The van der Waals surface area contributed by atoms with Gasteiger partial charge in [-0.05, 0) is 37.1 Å². The Bertz CT molecular complexity index is 435. The molecule has 1 atom stereocenters. The number of rotatable bonds is 2. The van der Waals surface area contributed by atoms with Gasteiger partial charge in [0.25, 0.3) is 0 Å². The van der Waals surface area contributed by atoms with E-state index in [0.29, 0.717) is 10.7 Å². The molecule has 0 radical (unpaired) electrons. The summed E-state index contributed by atoms with van der Waals surface area (Å²) in [5, 5.41) is 0.652. The zero-order chi connectivity index (χ0) is 12.5. The average Bonchev–Trinajstić information content (AvgIpc) is 2.81. The number of nitrogens with zero attached hydrogens (tertiary/aromatic N) is 2. The van der Waals surface area contributed by atoms with Crippen molar-refractivity contribution in [2.45, 2.75) is 25.4 Å². The SMILES string of the molecule is Nc1cc(CN2CCN3CCCC3C2)ccc1Cl. The molecular formula is C14H20ClN3. The van der Waals surface area contributed by atoms with Crippen LogP contribution in [-0.2, 0) is 6.54 Å². The van der Waals surface area contributed by atoms with Gasteiger partial charge in [-0.3, -0.25) is 9.80 Å². The normalized spacial score (nSPS) is 25.3. The summed E-state index contributed by atoms with van der Waals surface area (Å²) in [4.78, 5) is 5.17. The Morgan fingerprint density at radius 2 is 2.17 bits per heavy atom. The average molecular weight is 266 g/mol. The van der Waals surface area contributed by atoms with Crippen LogP contribution in [0.25, 0.3) is 0 Å². The molecule has 0 spiro atoms. The molecule has 0 bridgehead atoms. The molecule has 0 aromatic heterocycles. The Kier molecular flexibility index (Phi) is 3.46. The summed E-state index contributed by atoms with van der Waals surface area (Å²) in [6, 6.07) is 6.77. The van der Waals surface area contributed by atoms with E-state index in [2.05, 4.69) is 15.9 Å². The first-order valence-electron chi connectivity index (χ1n) is 6.73. The lowest BCUT2D eigenvalue weighted by atomic mass is 10.1. The topological polar surface area (TPSA) is 32.5 Å². The van der Waals surface area contributed by atoms with Gasteiger partial charge in [0.15, 0.2) is 0 Å². The van der Waals surface area contributed by atoms with E-state index in [0.717, 1.165) is 12.6 Å². The van der Waals surface area contributed by atoms with Crippen molar-refractivity contribution < 1.29 is 0 Å². The number of fused-ring (bicyclic) bond motifs is 1. The van der Waals surface area contributed by atoms with Gasteiger partial charge < -0.3 is 5.73 Å². The lowest BCUT2D eigenvalue weighted by Crippen LogP contribution is -2.49. The van der Waals surface area contributed by atoms with Crippen molar-refractivity contribution in [3.05, 3.63) is 28.8 Å². The molecule has 2 heterocycles. The minimum atomic E-state index is 0.652. The fourth-order valence-electron chi connectivity index (χ4n) is 3.15. The van der Waals surface area contributed by atoms with Gasteiger partial charge in [-0.2, -0.15) is 0 Å². The largest absolute Gasteiger partial charge is 0.398 e. The van der Waals surface area contributed by atoms with Crippen LogP contribution in [0.1, 0.15) is 18.4 Å². The third kappa shape index (κ3) is 2.48. The Labute approximate surface area is 114 Å². The van der Waals surface area contributed by atoms with E-state index >= 15 is 0 Å². The second-order valence-electron chi connectivity index (χ2n) is 5.42. The maximum Gasteiger partial charge on any atom is 0.0635 e. The molecule has 2 N–H and O–H groups in total. The number of piperazine rings is 1. The molecule has 0 amide bonds. The number of nitrogens with two attached hydrogens (primary N) is 1. The fraction of sp³-hybridized carbons (Fsp3) is 0.571. The summed E-state index contributed by atoms with van der Waals surface area (Å²) < 4.78 is 0. The first-order valence-corrected chi connectivity index (χ1v) is 7.10. The van der Waals surface area contributed by atoms with Crippen molar-refractivity contribution in [3.63, 3.8) is 0 Å². The predicted octanol–water partition coefficient (Wildman–Crippen LogP) is 2.20. The van der Waals surface area contributed by atoms with E-state index in [4.69, 9.17) is 17.3 Å². The smallest absolute Gasteiger partial charge is 0.0635 e. The maximum atomic E-state index is 5.95. The lowest BCUT2D eigenvalue weighted by Gasteiger charge is -2.37. The van der Waals surface area contributed by atoms with Crippen molar-refractivity contribution in [1.29, 1.82) is 0 Å². The highest BCUT2D eigenvalue weighted by atomic mass is 35.5. The number of halogens is 1. The Morgan fingerprint density at radius 3 is 3.00 bits per heavy atom. The summed E-state index contributed by atoms with van der Waals surface area (Å²) in [6.07, 6.45) is 2.73. The van der Waals surface area contributed by atoms with Crippen molar-refractivity contribution in [2.24, 2.45) is 0 Å². The van der Waals surface area contributed by atoms with E-state index in [9.17, 15) is 0 Å². The van der Waals surface area contributed by atoms with Crippen LogP contribution in [0, 0.1) is 0 Å². The third-order valence-corrected chi connectivity index (χ3v) is 4.48. The summed E-state index contributed by atoms with van der Waals surface area (Å²) in [5.74, 6) is 0. The van der Waals surface area contributed by atoms with Crippen LogP contribution in [-0.4, -0.2) is 42.0 Å². The Balaban J connectivity index is 1.64. The number of anilines is 1. The van der Waals surface area contributed by atoms with Crippen LogP contribution >= 0.6 is 11.6 Å². The summed E-state index contributed by atoms with van der Waals surface area (Å²) in [5.41, 5.74) is 7.81. The molecule has 0 saturated carbocycles. The Hall–Kier alpha value is -0.770. The molecule has 18 heavy (non-hydrogen) atoms. The van der Waals surface area contributed by atoms with Crippen molar-refractivity contribution in [1.82, 2.24) is 9.80 Å². The number of hydrogen-bond donors (Lipinski definition) is 1. The third-order valence-electron chi connectivity index (χ3n) is 4.14. The second kappa shape index (κ2) is 5.08. The van der Waals surface area contributed by atoms with Crippen molar-refractivity contribution in [3.8, 4) is 0 Å². The number of benzene rings is 1. The molecule has 4 heteroatoms. The first kappa shape index (κ1) is 12.3. The predicted molar refractivity (Wildman–Crippen MR) is 75.7 cm³/mol. The van der Waals surface area contributed by atoms with Gasteiger partial charge in [0.2, 0.25) is 0 Å². The minimum Gasteiger partial charge on any atom is -0.398 e. The molecule has 1 aromatic carbocycles. The van der Waals surface area contributed by atoms with E-state index in [1.54, 1.807) is 0 Å². The van der Waals surface area contributed by atoms with E-state index in [1.807, 2.05) is 12.1 Å². The monoisotopic (exact) mass is 265 g/mol. The fourth-order valence-corrected chi connectivity index (χ4v) is 3.27. The highest BCUT2D eigenvalue weighted by molar-refractivity contribution is 6.33. The van der Waals surface area contributed by atoms with Gasteiger partial charge in [0.1, 0.15) is 0 Å².